The van der Waals surface area contributed by atoms with Crippen molar-refractivity contribution in [3.8, 4) is 0 Å². The van der Waals surface area contributed by atoms with E-state index in [9.17, 15) is 0 Å². The van der Waals surface area contributed by atoms with Crippen LogP contribution in [0.1, 0.15) is 0 Å². The topological polar surface area (TPSA) is 0 Å². The van der Waals surface area contributed by atoms with Crippen molar-refractivity contribution in [3.63, 3.8) is 0 Å². The van der Waals surface area contributed by atoms with E-state index in [4.69, 9.17) is 0 Å². The Morgan fingerprint density at radius 3 is 2.70 bits per heavy atom. The summed E-state index contributed by atoms with van der Waals surface area (Å²) >= 11 is 0.707. The Balaban J connectivity index is 2.26. The molecule has 0 aromatic rings. The molecule has 0 atom stereocenters. The summed E-state index contributed by atoms with van der Waals surface area (Å²) in [6.45, 7) is 0. The summed E-state index contributed by atoms with van der Waals surface area (Å²) in [6.07, 6.45) is 8.66. The second kappa shape index (κ2) is 3.22. The first-order chi connectivity index (χ1) is 4.97. The van der Waals surface area contributed by atoms with Crippen LogP contribution in [0.2, 0.25) is 0 Å². The average Bonchev–Trinajstić information content (AvgIpc) is 2.59. The van der Waals surface area contributed by atoms with E-state index >= 15 is 0 Å². The number of hydrogen-bond acceptors (Lipinski definition) is 2. The van der Waals surface area contributed by atoms with Crippen molar-refractivity contribution < 1.29 is 0 Å². The molecule has 1 saturated heterocycles. The molecule has 1 aliphatic carbocycles. The fourth-order valence-electron chi connectivity index (χ4n) is 0.858. The third kappa shape index (κ3) is 1.37. The molecule has 1 aliphatic heterocycles. The van der Waals surface area contributed by atoms with Crippen molar-refractivity contribution >= 4 is 33.8 Å². The summed E-state index contributed by atoms with van der Waals surface area (Å²) in [7, 11) is 4.01. The predicted molar refractivity (Wildman–Crippen MR) is 51.1 cm³/mol. The van der Waals surface area contributed by atoms with E-state index in [0.717, 1.165) is 0 Å². The molecule has 0 spiro atoms. The third-order valence-corrected chi connectivity index (χ3v) is 8.55. The maximum absolute atomic E-state index is 2.21. The van der Waals surface area contributed by atoms with Gasteiger partial charge >= 0.3 is 73.9 Å². The minimum absolute atomic E-state index is 0.707. The van der Waals surface area contributed by atoms with Crippen LogP contribution in [0.4, 0.5) is 0 Å². The number of hydrogen-bond donors (Lipinski definition) is 0. The van der Waals surface area contributed by atoms with Crippen LogP contribution in [-0.4, -0.2) is 19.6 Å². The number of allylic oxidation sites excluding steroid dienone is 5. The Morgan fingerprint density at radius 2 is 2.10 bits per heavy atom. The van der Waals surface area contributed by atoms with Crippen molar-refractivity contribution in [1.29, 1.82) is 0 Å². The average molecular weight is 233 g/mol. The van der Waals surface area contributed by atoms with Gasteiger partial charge in [0.1, 0.15) is 0 Å². The zero-order valence-electron chi connectivity index (χ0n) is 5.24. The van der Waals surface area contributed by atoms with E-state index in [-0.39, 0.29) is 0 Å². The first-order valence-corrected chi connectivity index (χ1v) is 8.21. The van der Waals surface area contributed by atoms with Crippen molar-refractivity contribution in [2.45, 2.75) is 0 Å². The zero-order chi connectivity index (χ0) is 6.81. The van der Waals surface area contributed by atoms with Crippen LogP contribution >= 0.6 is 20.0 Å². The summed E-state index contributed by atoms with van der Waals surface area (Å²) in [4.78, 5) is 0. The molecule has 0 radical (unpaired) electrons. The fourth-order valence-corrected chi connectivity index (χ4v) is 8.53. The molecule has 0 bridgehead atoms. The summed E-state index contributed by atoms with van der Waals surface area (Å²) in [5.74, 6) is 1.24. The van der Waals surface area contributed by atoms with Crippen LogP contribution < -0.4 is 0 Å². The second-order valence-corrected chi connectivity index (χ2v) is 8.61. The molecule has 1 heterocycles. The summed E-state index contributed by atoms with van der Waals surface area (Å²) < 4.78 is 1.66. The van der Waals surface area contributed by atoms with Gasteiger partial charge in [0.05, 0.1) is 0 Å². The first kappa shape index (κ1) is 7.11. The van der Waals surface area contributed by atoms with E-state index in [2.05, 4.69) is 24.3 Å². The van der Waals surface area contributed by atoms with Gasteiger partial charge < -0.3 is 0 Å². The molecule has 0 saturated carbocycles. The Labute approximate surface area is 73.8 Å². The van der Waals surface area contributed by atoms with Gasteiger partial charge in [-0.25, -0.2) is 0 Å². The van der Waals surface area contributed by atoms with E-state index in [1.165, 1.54) is 11.3 Å². The Hall–Kier alpha value is 0.439. The fraction of sp³-hybridized carbons (Fsp3) is 0.143. The van der Waals surface area contributed by atoms with Crippen molar-refractivity contribution in [3.05, 3.63) is 34.3 Å². The molecule has 0 aromatic carbocycles. The van der Waals surface area contributed by atoms with Gasteiger partial charge in [0, 0.05) is 0 Å². The van der Waals surface area contributed by atoms with Crippen LogP contribution in [-0.2, 0) is 0 Å². The number of rotatable bonds is 0. The molecule has 52 valence electrons. The molecule has 0 N–H and O–H groups in total. The monoisotopic (exact) mass is 234 g/mol. The van der Waals surface area contributed by atoms with Crippen molar-refractivity contribution in [2.75, 3.05) is 5.75 Å². The van der Waals surface area contributed by atoms with Crippen LogP contribution in [0, 0.1) is 0 Å². The van der Waals surface area contributed by atoms with Gasteiger partial charge in [-0.2, -0.15) is 0 Å². The van der Waals surface area contributed by atoms with Crippen LogP contribution in [0.25, 0.3) is 0 Å². The van der Waals surface area contributed by atoms with Crippen LogP contribution in [0.3, 0.4) is 0 Å². The molecule has 3 heteroatoms. The molecule has 0 amide bonds. The van der Waals surface area contributed by atoms with Crippen LogP contribution in [0.5, 0.6) is 0 Å². The standard InChI is InChI=1S/C7H6S2Se/c1-2-4-6(3-1)7-5-8-9-10-7/h1-4H,5H2. The van der Waals surface area contributed by atoms with Gasteiger partial charge in [0.25, 0.3) is 0 Å². The SMILES string of the molecule is C1=CC(=C2CSS[Se]2)C=C1. The molecule has 1 fully saturated rings. The van der Waals surface area contributed by atoms with E-state index in [1.54, 1.807) is 4.47 Å². The molecule has 2 aliphatic rings. The molecule has 0 nitrogen and oxygen atoms in total. The van der Waals surface area contributed by atoms with Gasteiger partial charge in [0.15, 0.2) is 0 Å². The maximum atomic E-state index is 2.21. The molecule has 0 unspecified atom stereocenters. The normalized spacial score (nSPS) is 23.2. The quantitative estimate of drug-likeness (QED) is 0.465. The van der Waals surface area contributed by atoms with Gasteiger partial charge in [-0.3, -0.25) is 0 Å². The van der Waals surface area contributed by atoms with Gasteiger partial charge in [0.2, 0.25) is 0 Å². The third-order valence-electron chi connectivity index (χ3n) is 1.36. The molecule has 10 heavy (non-hydrogen) atoms. The van der Waals surface area contributed by atoms with Gasteiger partial charge in [-0.1, -0.05) is 0 Å². The molecular weight excluding hydrogens is 227 g/mol. The predicted octanol–water partition coefficient (Wildman–Crippen LogP) is 2.38. The van der Waals surface area contributed by atoms with Crippen LogP contribution in [0.15, 0.2) is 34.3 Å². The zero-order valence-corrected chi connectivity index (χ0v) is 8.59. The molecule has 2 rings (SSSR count). The summed E-state index contributed by atoms with van der Waals surface area (Å²) in [5.41, 5.74) is 1.47. The minimum atomic E-state index is 0.707. The van der Waals surface area contributed by atoms with Crippen molar-refractivity contribution in [1.82, 2.24) is 0 Å². The summed E-state index contributed by atoms with van der Waals surface area (Å²) in [6, 6.07) is 0. The Kier molecular flexibility index (Phi) is 2.29. The second-order valence-electron chi connectivity index (χ2n) is 2.01. The van der Waals surface area contributed by atoms with E-state index in [1.807, 2.05) is 20.0 Å². The Morgan fingerprint density at radius 1 is 1.30 bits per heavy atom. The Bertz CT molecular complexity index is 206. The first-order valence-electron chi connectivity index (χ1n) is 3.01. The van der Waals surface area contributed by atoms with Gasteiger partial charge in [-0.05, 0) is 0 Å². The van der Waals surface area contributed by atoms with E-state index in [0.29, 0.717) is 13.8 Å². The van der Waals surface area contributed by atoms with Gasteiger partial charge in [-0.15, -0.1) is 0 Å². The molecular formula is C7H6S2Se. The summed E-state index contributed by atoms with van der Waals surface area (Å²) in [5, 5.41) is 0. The van der Waals surface area contributed by atoms with Crippen molar-refractivity contribution in [2.24, 2.45) is 0 Å². The van der Waals surface area contributed by atoms with E-state index < -0.39 is 0 Å². The molecule has 0 aromatic heterocycles.